The molecule has 2 unspecified atom stereocenters. The summed E-state index contributed by atoms with van der Waals surface area (Å²) in [5.74, 6) is -3.41. The molecule has 0 spiro atoms. The topological polar surface area (TPSA) is 231 Å². The molecule has 2 aliphatic rings. The smallest absolute Gasteiger partial charge is 0.748 e. The van der Waals surface area contributed by atoms with Crippen molar-refractivity contribution < 1.29 is 174 Å². The monoisotopic (exact) mass is 816 g/mol. The number of fused-ring (bicyclic) bond motifs is 2. The van der Waals surface area contributed by atoms with Gasteiger partial charge in [-0.1, -0.05) is 12.1 Å². The van der Waals surface area contributed by atoms with Crippen LogP contribution in [0.4, 0.5) is 11.4 Å². The number of carboxylic acids is 2. The number of methoxy groups -OCH3 is 1. The van der Waals surface area contributed by atoms with Crippen LogP contribution in [-0.2, 0) is 29.8 Å². The van der Waals surface area contributed by atoms with Gasteiger partial charge in [-0.25, -0.2) is 16.8 Å². The molecule has 14 nitrogen and oxygen atoms in total. The zero-order valence-electron chi connectivity index (χ0n) is 32.3. The van der Waals surface area contributed by atoms with Gasteiger partial charge in [0.25, 0.3) is 0 Å². The van der Waals surface area contributed by atoms with Crippen molar-refractivity contribution in [3.63, 3.8) is 0 Å². The van der Waals surface area contributed by atoms with Gasteiger partial charge in [0, 0.05) is 83.0 Å². The van der Waals surface area contributed by atoms with Gasteiger partial charge in [0.1, 0.15) is 11.5 Å². The van der Waals surface area contributed by atoms with E-state index in [-0.39, 0.29) is 137 Å². The number of nitrogens with zero attached hydrogens (tertiary/aromatic N) is 2. The van der Waals surface area contributed by atoms with Crippen molar-refractivity contribution in [3.05, 3.63) is 47.5 Å². The predicted molar refractivity (Wildman–Crippen MR) is 176 cm³/mol. The molecule has 0 radical (unpaired) electrons. The van der Waals surface area contributed by atoms with Gasteiger partial charge in [0.2, 0.25) is 0 Å². The van der Waals surface area contributed by atoms with Crippen LogP contribution in [-0.4, -0.2) is 85.8 Å². The first-order chi connectivity index (χ1) is 22.5. The number of benzene rings is 2. The van der Waals surface area contributed by atoms with E-state index >= 15 is 0 Å². The van der Waals surface area contributed by atoms with E-state index < -0.39 is 66.6 Å². The number of rotatable bonds is 13. The number of ether oxygens (including phenoxy) is 1. The molecule has 0 aliphatic carbocycles. The summed E-state index contributed by atoms with van der Waals surface area (Å²) in [7, 11) is -7.22. The van der Waals surface area contributed by atoms with E-state index in [0.717, 1.165) is 11.3 Å². The number of aliphatic carboxylic acids is 2. The summed E-state index contributed by atoms with van der Waals surface area (Å²) >= 11 is 0. The minimum atomic E-state index is -4.39. The maximum atomic E-state index is 11.3. The summed E-state index contributed by atoms with van der Waals surface area (Å²) in [6.07, 6.45) is 1.57. The van der Waals surface area contributed by atoms with Crippen LogP contribution in [0.25, 0.3) is 0 Å². The van der Waals surface area contributed by atoms with Gasteiger partial charge in [-0.3, -0.25) is 0 Å². The van der Waals surface area contributed by atoms with Crippen molar-refractivity contribution in [2.75, 3.05) is 41.5 Å². The summed E-state index contributed by atoms with van der Waals surface area (Å²) in [5, 5.41) is 31.1. The molecule has 0 bridgehead atoms. The molecule has 2 atom stereocenters. The number of anilines is 2. The van der Waals surface area contributed by atoms with E-state index in [1.807, 2.05) is 32.6 Å². The standard InChI is InChI=1S/C17H25NO6S.C16H23NO6S.4Na/c1-17(2)10-12(11-25(21,22)23)14-7-6-13(24-3)9-15(14)18(17)8-4-5-16(19)20;1-16(2)9-11(10-24(21,22)23)13-6-5-12(18)8-14(13)17(16)7-3-4-15(19)20;;;;/h6-7,9,12H,4-5,8,10-11H2,1-3H3,(H,19,20)(H,21,22,23);5-6,8,11,18H,3-4,7,9-10H2,1-2H3,(H,19,20)(H,21,22,23);;;;/q;;4*+1/p-4. The van der Waals surface area contributed by atoms with E-state index in [1.54, 1.807) is 24.3 Å². The van der Waals surface area contributed by atoms with Crippen LogP contribution in [0.1, 0.15) is 89.2 Å². The van der Waals surface area contributed by atoms with E-state index in [2.05, 4.69) is 4.90 Å². The van der Waals surface area contributed by atoms with Gasteiger partial charge in [-0.15, -0.1) is 0 Å². The normalized spacial score (nSPS) is 18.1. The second-order valence-electron chi connectivity index (χ2n) is 13.8. The molecule has 0 saturated carbocycles. The van der Waals surface area contributed by atoms with E-state index in [1.165, 1.54) is 19.2 Å². The van der Waals surface area contributed by atoms with Crippen LogP contribution in [0.15, 0.2) is 36.4 Å². The van der Waals surface area contributed by atoms with Crippen molar-refractivity contribution in [3.8, 4) is 11.5 Å². The van der Waals surface area contributed by atoms with Crippen molar-refractivity contribution >= 4 is 43.5 Å². The first kappa shape index (κ1) is 55.5. The van der Waals surface area contributed by atoms with Crippen LogP contribution in [0.5, 0.6) is 11.5 Å². The fourth-order valence-corrected chi connectivity index (χ4v) is 8.62. The van der Waals surface area contributed by atoms with Crippen molar-refractivity contribution in [2.45, 2.75) is 89.1 Å². The Balaban J connectivity index is 0. The summed E-state index contributed by atoms with van der Waals surface area (Å²) < 4.78 is 72.9. The second-order valence-corrected chi connectivity index (χ2v) is 16.7. The number of carbonyl (C=O) groups is 2. The minimum Gasteiger partial charge on any atom is -0.748 e. The van der Waals surface area contributed by atoms with E-state index in [4.69, 9.17) is 4.74 Å². The number of phenols is 1. The largest absolute Gasteiger partial charge is 1.00 e. The molecule has 1 N–H and O–H groups in total. The second kappa shape index (κ2) is 23.1. The molecule has 274 valence electrons. The Bertz CT molecular complexity index is 1750. The number of hydrogen-bond acceptors (Lipinski definition) is 14. The first-order valence-corrected chi connectivity index (χ1v) is 19.0. The Kier molecular flexibility index (Phi) is 24.2. The van der Waals surface area contributed by atoms with Crippen molar-refractivity contribution in [1.29, 1.82) is 0 Å². The molecule has 0 aromatic heterocycles. The maximum Gasteiger partial charge on any atom is 1.00 e. The van der Waals surface area contributed by atoms with Crippen LogP contribution >= 0.6 is 0 Å². The molecule has 2 heterocycles. The number of hydrogen-bond donors (Lipinski definition) is 1. The zero-order valence-corrected chi connectivity index (χ0v) is 42.0. The van der Waals surface area contributed by atoms with Gasteiger partial charge < -0.3 is 48.6 Å². The summed E-state index contributed by atoms with van der Waals surface area (Å²) in [4.78, 5) is 25.4. The number of carbonyl (C=O) groups excluding carboxylic acids is 2. The molecule has 53 heavy (non-hydrogen) atoms. The number of carboxylic acid groups (broad SMARTS) is 2. The van der Waals surface area contributed by atoms with Gasteiger partial charge in [-0.2, -0.15) is 0 Å². The third-order valence-electron chi connectivity index (χ3n) is 9.00. The number of phenolic OH excluding ortho intramolecular Hbond substituents is 1. The van der Waals surface area contributed by atoms with Gasteiger partial charge in [-0.05, 0) is 89.5 Å². The fraction of sp³-hybridized carbons (Fsp3) is 0.576. The van der Waals surface area contributed by atoms with Gasteiger partial charge in [0.05, 0.1) is 27.3 Å². The third-order valence-corrected chi connectivity index (χ3v) is 10.6. The Hall–Kier alpha value is 0.400. The van der Waals surface area contributed by atoms with Gasteiger partial charge >= 0.3 is 118 Å². The van der Waals surface area contributed by atoms with Crippen LogP contribution in [0, 0.1) is 0 Å². The molecular formula is C33H44N2Na4O12S2. The molecule has 2 aromatic rings. The fourth-order valence-electron chi connectivity index (χ4n) is 7.04. The molecule has 4 rings (SSSR count). The third kappa shape index (κ3) is 17.0. The molecule has 0 saturated heterocycles. The van der Waals surface area contributed by atoms with Gasteiger partial charge in [0.15, 0.2) is 0 Å². The zero-order chi connectivity index (χ0) is 36.9. The van der Waals surface area contributed by atoms with Crippen LogP contribution < -0.4 is 143 Å². The Morgan fingerprint density at radius 1 is 0.736 bits per heavy atom. The SMILES string of the molecule is CC1(C)CC(CS(=O)(=O)[O-])c2ccc(O)cc2N1CCCC(=O)[O-].COc1ccc2c(c1)N(CCCC(=O)[O-])C(C)(C)CC2CS(=O)(=O)[O-].[Na+].[Na+].[Na+].[Na+]. The molecule has 2 aromatic carbocycles. The average molecular weight is 817 g/mol. The van der Waals surface area contributed by atoms with Crippen molar-refractivity contribution in [1.82, 2.24) is 0 Å². The summed E-state index contributed by atoms with van der Waals surface area (Å²) in [6.45, 7) is 8.64. The average Bonchev–Trinajstić information content (AvgIpc) is 2.93. The molecule has 0 amide bonds. The molecule has 2 aliphatic heterocycles. The predicted octanol–water partition coefficient (Wildman–Crippen LogP) is -10.6. The molecular weight excluding hydrogens is 772 g/mol. The summed E-state index contributed by atoms with van der Waals surface area (Å²) in [5.41, 5.74) is 1.96. The quantitative estimate of drug-likeness (QED) is 0.146. The van der Waals surface area contributed by atoms with Crippen LogP contribution in [0.3, 0.4) is 0 Å². The Labute approximate surface area is 401 Å². The van der Waals surface area contributed by atoms with Crippen LogP contribution in [0.2, 0.25) is 0 Å². The maximum absolute atomic E-state index is 11.3. The van der Waals surface area contributed by atoms with E-state index in [0.29, 0.717) is 55.8 Å². The minimum absolute atomic E-state index is 0. The first-order valence-electron chi connectivity index (χ1n) is 15.9. The summed E-state index contributed by atoms with van der Waals surface area (Å²) in [6, 6.07) is 9.94. The molecule has 20 heteroatoms. The Morgan fingerprint density at radius 3 is 1.47 bits per heavy atom. The Morgan fingerprint density at radius 2 is 1.11 bits per heavy atom. The number of aromatic hydroxyl groups is 1. The van der Waals surface area contributed by atoms with Crippen molar-refractivity contribution in [2.24, 2.45) is 0 Å². The van der Waals surface area contributed by atoms with E-state index in [9.17, 15) is 50.8 Å². The molecule has 0 fully saturated rings.